The number of nitrogen functional groups attached to an aromatic ring is 1. The zero-order chi connectivity index (χ0) is 13.8. The second-order valence-electron chi connectivity index (χ2n) is 4.92. The van der Waals surface area contributed by atoms with E-state index in [1.807, 2.05) is 0 Å². The first-order valence-electron chi connectivity index (χ1n) is 6.53. The summed E-state index contributed by atoms with van der Waals surface area (Å²) >= 11 is 0. The number of anilines is 2. The SMILES string of the molecule is COC(=O)c1cc(NCCC2CCC2)c(F)cc1N. The summed E-state index contributed by atoms with van der Waals surface area (Å²) in [5.41, 5.74) is 6.19. The molecule has 0 amide bonds. The highest BCUT2D eigenvalue weighted by molar-refractivity contribution is 5.96. The second kappa shape index (κ2) is 5.91. The molecular weight excluding hydrogens is 247 g/mol. The van der Waals surface area contributed by atoms with Crippen molar-refractivity contribution < 1.29 is 13.9 Å². The van der Waals surface area contributed by atoms with Gasteiger partial charge in [-0.3, -0.25) is 0 Å². The number of nitrogens with one attached hydrogen (secondary N) is 1. The number of carbonyl (C=O) groups excluding carboxylic acids is 1. The summed E-state index contributed by atoms with van der Waals surface area (Å²) in [6.07, 6.45) is 4.85. The molecule has 0 bridgehead atoms. The molecule has 3 N–H and O–H groups in total. The zero-order valence-electron chi connectivity index (χ0n) is 11.0. The first kappa shape index (κ1) is 13.6. The van der Waals surface area contributed by atoms with Crippen LogP contribution in [0.5, 0.6) is 0 Å². The van der Waals surface area contributed by atoms with Crippen molar-refractivity contribution in [3.8, 4) is 0 Å². The van der Waals surface area contributed by atoms with Crippen molar-refractivity contribution in [2.75, 3.05) is 24.7 Å². The van der Waals surface area contributed by atoms with Gasteiger partial charge >= 0.3 is 5.97 Å². The topological polar surface area (TPSA) is 64.3 Å². The maximum Gasteiger partial charge on any atom is 0.340 e. The molecule has 19 heavy (non-hydrogen) atoms. The summed E-state index contributed by atoms with van der Waals surface area (Å²) < 4.78 is 18.3. The molecule has 0 spiro atoms. The van der Waals surface area contributed by atoms with Gasteiger partial charge in [0.05, 0.1) is 18.4 Å². The van der Waals surface area contributed by atoms with Gasteiger partial charge in [0.2, 0.25) is 0 Å². The Bertz CT molecular complexity index is 473. The number of carbonyl (C=O) groups is 1. The molecule has 1 fully saturated rings. The van der Waals surface area contributed by atoms with Gasteiger partial charge in [0.15, 0.2) is 0 Å². The minimum atomic E-state index is -0.556. The van der Waals surface area contributed by atoms with Crippen molar-refractivity contribution in [1.82, 2.24) is 0 Å². The molecule has 4 nitrogen and oxygen atoms in total. The molecule has 5 heteroatoms. The van der Waals surface area contributed by atoms with E-state index in [1.165, 1.54) is 32.4 Å². The fourth-order valence-electron chi connectivity index (χ4n) is 2.20. The normalized spacial score (nSPS) is 14.8. The van der Waals surface area contributed by atoms with E-state index in [-0.39, 0.29) is 11.3 Å². The highest BCUT2D eigenvalue weighted by Gasteiger charge is 2.18. The number of esters is 1. The van der Waals surface area contributed by atoms with Gasteiger partial charge in [0.25, 0.3) is 0 Å². The fourth-order valence-corrected chi connectivity index (χ4v) is 2.20. The van der Waals surface area contributed by atoms with Crippen molar-refractivity contribution in [3.05, 3.63) is 23.5 Å². The van der Waals surface area contributed by atoms with Crippen molar-refractivity contribution in [1.29, 1.82) is 0 Å². The van der Waals surface area contributed by atoms with Gasteiger partial charge in [-0.15, -0.1) is 0 Å². The highest BCUT2D eigenvalue weighted by atomic mass is 19.1. The highest BCUT2D eigenvalue weighted by Crippen LogP contribution is 2.29. The van der Waals surface area contributed by atoms with E-state index in [4.69, 9.17) is 5.73 Å². The lowest BCUT2D eigenvalue weighted by molar-refractivity contribution is 0.0602. The van der Waals surface area contributed by atoms with Crippen LogP contribution in [0.4, 0.5) is 15.8 Å². The smallest absolute Gasteiger partial charge is 0.340 e. The molecule has 1 aliphatic carbocycles. The van der Waals surface area contributed by atoms with Crippen LogP contribution in [0, 0.1) is 11.7 Å². The number of ether oxygens (including phenoxy) is 1. The maximum atomic E-state index is 13.7. The number of nitrogens with two attached hydrogens (primary N) is 1. The third-order valence-corrected chi connectivity index (χ3v) is 3.64. The number of hydrogen-bond donors (Lipinski definition) is 2. The monoisotopic (exact) mass is 266 g/mol. The number of rotatable bonds is 5. The van der Waals surface area contributed by atoms with E-state index in [1.54, 1.807) is 0 Å². The van der Waals surface area contributed by atoms with E-state index in [0.29, 0.717) is 12.2 Å². The van der Waals surface area contributed by atoms with Gasteiger partial charge in [-0.2, -0.15) is 0 Å². The Morgan fingerprint density at radius 1 is 1.53 bits per heavy atom. The largest absolute Gasteiger partial charge is 0.465 e. The predicted octanol–water partition coefficient (Wildman–Crippen LogP) is 2.80. The summed E-state index contributed by atoms with van der Waals surface area (Å²) in [6, 6.07) is 2.56. The first-order valence-corrected chi connectivity index (χ1v) is 6.53. The maximum absolute atomic E-state index is 13.7. The summed E-state index contributed by atoms with van der Waals surface area (Å²) in [7, 11) is 1.27. The third-order valence-electron chi connectivity index (χ3n) is 3.64. The Kier molecular flexibility index (Phi) is 4.24. The fraction of sp³-hybridized carbons (Fsp3) is 0.500. The van der Waals surface area contributed by atoms with Crippen LogP contribution in [0.25, 0.3) is 0 Å². The average Bonchev–Trinajstić information content (AvgIpc) is 2.33. The minimum absolute atomic E-state index is 0.0916. The van der Waals surface area contributed by atoms with Crippen molar-refractivity contribution in [3.63, 3.8) is 0 Å². The van der Waals surface area contributed by atoms with Crippen molar-refractivity contribution in [2.45, 2.75) is 25.7 Å². The molecule has 0 saturated heterocycles. The molecule has 1 aromatic carbocycles. The Hall–Kier alpha value is -1.78. The number of methoxy groups -OCH3 is 1. The Morgan fingerprint density at radius 3 is 2.84 bits per heavy atom. The quantitative estimate of drug-likeness (QED) is 0.635. The predicted molar refractivity (Wildman–Crippen MR) is 72.6 cm³/mol. The molecule has 1 aromatic rings. The van der Waals surface area contributed by atoms with Crippen molar-refractivity contribution >= 4 is 17.3 Å². The van der Waals surface area contributed by atoms with Crippen LogP contribution in [-0.4, -0.2) is 19.6 Å². The average molecular weight is 266 g/mol. The molecule has 0 atom stereocenters. The van der Waals surface area contributed by atoms with E-state index >= 15 is 0 Å². The van der Waals surface area contributed by atoms with Crippen LogP contribution in [-0.2, 0) is 4.74 Å². The van der Waals surface area contributed by atoms with Crippen LogP contribution in [0.15, 0.2) is 12.1 Å². The molecule has 1 saturated carbocycles. The lowest BCUT2D eigenvalue weighted by atomic mass is 9.83. The van der Waals surface area contributed by atoms with Gasteiger partial charge in [0.1, 0.15) is 5.82 Å². The summed E-state index contributed by atoms with van der Waals surface area (Å²) in [4.78, 5) is 11.5. The number of hydrogen-bond acceptors (Lipinski definition) is 4. The Balaban J connectivity index is 2.03. The van der Waals surface area contributed by atoms with E-state index in [9.17, 15) is 9.18 Å². The number of halogens is 1. The van der Waals surface area contributed by atoms with Gasteiger partial charge < -0.3 is 15.8 Å². The molecule has 0 aromatic heterocycles. The lowest BCUT2D eigenvalue weighted by Gasteiger charge is -2.25. The summed E-state index contributed by atoms with van der Waals surface area (Å²) in [5, 5.41) is 3.02. The van der Waals surface area contributed by atoms with Crippen LogP contribution in [0.1, 0.15) is 36.0 Å². The van der Waals surface area contributed by atoms with Crippen LogP contribution < -0.4 is 11.1 Å². The molecule has 2 rings (SSSR count). The van der Waals surface area contributed by atoms with Crippen molar-refractivity contribution in [2.24, 2.45) is 5.92 Å². The van der Waals surface area contributed by atoms with Crippen LogP contribution in [0.2, 0.25) is 0 Å². The van der Waals surface area contributed by atoms with Gasteiger partial charge in [-0.05, 0) is 24.5 Å². The van der Waals surface area contributed by atoms with E-state index in [0.717, 1.165) is 18.4 Å². The van der Waals surface area contributed by atoms with E-state index < -0.39 is 11.8 Å². The second-order valence-corrected chi connectivity index (χ2v) is 4.92. The molecule has 0 heterocycles. The first-order chi connectivity index (χ1) is 9.11. The van der Waals surface area contributed by atoms with Crippen LogP contribution in [0.3, 0.4) is 0 Å². The molecule has 0 aliphatic heterocycles. The van der Waals surface area contributed by atoms with Crippen LogP contribution >= 0.6 is 0 Å². The third kappa shape index (κ3) is 3.16. The Labute approximate surface area is 112 Å². The van der Waals surface area contributed by atoms with Gasteiger partial charge in [0, 0.05) is 12.2 Å². The zero-order valence-corrected chi connectivity index (χ0v) is 11.0. The molecule has 1 aliphatic rings. The standard InChI is InChI=1S/C14H19FN2O2/c1-19-14(18)10-7-13(11(15)8-12(10)16)17-6-5-9-3-2-4-9/h7-9,17H,2-6,16H2,1H3. The molecule has 0 unspecified atom stereocenters. The Morgan fingerprint density at radius 2 is 2.26 bits per heavy atom. The van der Waals surface area contributed by atoms with Gasteiger partial charge in [-0.1, -0.05) is 19.3 Å². The minimum Gasteiger partial charge on any atom is -0.465 e. The molecule has 104 valence electrons. The summed E-state index contributed by atoms with van der Waals surface area (Å²) in [5.74, 6) is -0.247. The summed E-state index contributed by atoms with van der Waals surface area (Å²) in [6.45, 7) is 0.701. The van der Waals surface area contributed by atoms with E-state index in [2.05, 4.69) is 10.1 Å². The molecule has 0 radical (unpaired) electrons. The molecular formula is C14H19FN2O2. The lowest BCUT2D eigenvalue weighted by Crippen LogP contribution is -2.16. The number of benzene rings is 1. The van der Waals surface area contributed by atoms with Gasteiger partial charge in [-0.25, -0.2) is 9.18 Å².